The fourth-order valence-electron chi connectivity index (χ4n) is 5.39. The quantitative estimate of drug-likeness (QED) is 0.101. The van der Waals surface area contributed by atoms with E-state index in [2.05, 4.69) is 18.8 Å². The molecule has 234 valence electrons. The highest BCUT2D eigenvalue weighted by atomic mass is 35.5. The Morgan fingerprint density at radius 1 is 1.12 bits per heavy atom. The number of alkyl halides is 1. The first-order valence-electron chi connectivity index (χ1n) is 14.7. The summed E-state index contributed by atoms with van der Waals surface area (Å²) < 4.78 is 5.79. The van der Waals surface area contributed by atoms with Gasteiger partial charge in [0.15, 0.2) is 0 Å². The largest absolute Gasteiger partial charge is 0.481 e. The summed E-state index contributed by atoms with van der Waals surface area (Å²) in [7, 11) is 1.94. The average Bonchev–Trinajstić information content (AvgIpc) is 3.28. The fraction of sp³-hybridized carbons (Fsp3) is 0.862. The molecular formula is C29H53ClN2O7S. The van der Waals surface area contributed by atoms with Gasteiger partial charge in [-0.05, 0) is 58.2 Å². The maximum Gasteiger partial charge on any atom is 0.303 e. The molecular weight excluding hydrogens is 556 g/mol. The maximum atomic E-state index is 12.9. The first-order chi connectivity index (χ1) is 19.0. The number of ether oxygens (including phenoxy) is 1. The molecule has 2 aliphatic heterocycles. The van der Waals surface area contributed by atoms with Crippen molar-refractivity contribution in [2.24, 2.45) is 5.92 Å². The molecule has 1 amide bonds. The highest BCUT2D eigenvalue weighted by molar-refractivity contribution is 7.99. The summed E-state index contributed by atoms with van der Waals surface area (Å²) in [6.07, 6.45) is 10.0. The van der Waals surface area contributed by atoms with Gasteiger partial charge in [0.2, 0.25) is 5.91 Å². The van der Waals surface area contributed by atoms with Crippen molar-refractivity contribution in [3.63, 3.8) is 0 Å². The minimum atomic E-state index is -1.36. The summed E-state index contributed by atoms with van der Waals surface area (Å²) in [5, 5.41) is 41.4. The van der Waals surface area contributed by atoms with Gasteiger partial charge in [-0.25, -0.2) is 0 Å². The molecule has 2 rings (SSSR count). The first-order valence-corrected chi connectivity index (χ1v) is 16.4. The number of amides is 1. The van der Waals surface area contributed by atoms with Gasteiger partial charge < -0.3 is 30.5 Å². The molecule has 9 atom stereocenters. The van der Waals surface area contributed by atoms with Crippen LogP contribution < -0.4 is 5.32 Å². The van der Waals surface area contributed by atoms with E-state index in [0.717, 1.165) is 45.1 Å². The van der Waals surface area contributed by atoms with Crippen molar-refractivity contribution in [2.45, 2.75) is 132 Å². The number of rotatable bonds is 16. The van der Waals surface area contributed by atoms with Crippen LogP contribution in [0.25, 0.3) is 0 Å². The van der Waals surface area contributed by atoms with Gasteiger partial charge in [-0.1, -0.05) is 45.1 Å². The van der Waals surface area contributed by atoms with Crippen molar-refractivity contribution in [2.75, 3.05) is 19.8 Å². The third-order valence-corrected chi connectivity index (χ3v) is 8.81. The second kappa shape index (κ2) is 20.1. The minimum absolute atomic E-state index is 0.147. The molecule has 2 saturated heterocycles. The number of aliphatic carboxylic acids is 1. The number of hydrogen-bond donors (Lipinski definition) is 5. The van der Waals surface area contributed by atoms with Crippen molar-refractivity contribution < 1.29 is 34.8 Å². The van der Waals surface area contributed by atoms with E-state index in [1.807, 2.05) is 18.0 Å². The number of carboxylic acid groups (broad SMARTS) is 1. The van der Waals surface area contributed by atoms with E-state index in [-0.39, 0.29) is 11.9 Å². The molecule has 0 aromatic rings. The zero-order chi connectivity index (χ0) is 30.2. The Hall–Kier alpha value is -0.880. The molecule has 40 heavy (non-hydrogen) atoms. The lowest BCUT2D eigenvalue weighted by molar-refractivity contribution is -0.205. The fourth-order valence-corrected chi connectivity index (χ4v) is 6.27. The first kappa shape index (κ1) is 37.1. The number of nitrogens with zero attached hydrogens (tertiary/aromatic N) is 1. The van der Waals surface area contributed by atoms with Gasteiger partial charge >= 0.3 is 5.97 Å². The van der Waals surface area contributed by atoms with Crippen molar-refractivity contribution >= 4 is 35.2 Å². The molecule has 0 unspecified atom stereocenters. The minimum Gasteiger partial charge on any atom is -0.481 e. The van der Waals surface area contributed by atoms with E-state index in [1.54, 1.807) is 13.2 Å². The lowest BCUT2D eigenvalue weighted by atomic mass is 9.92. The molecule has 0 aromatic carbocycles. The van der Waals surface area contributed by atoms with Gasteiger partial charge in [-0.3, -0.25) is 14.5 Å². The van der Waals surface area contributed by atoms with Crippen LogP contribution in [0, 0.1) is 5.92 Å². The number of hydrogen-bond acceptors (Lipinski definition) is 8. The lowest BCUT2D eigenvalue weighted by Gasteiger charge is -2.44. The van der Waals surface area contributed by atoms with Crippen LogP contribution in [0.5, 0.6) is 0 Å². The van der Waals surface area contributed by atoms with E-state index < -0.39 is 47.2 Å². The van der Waals surface area contributed by atoms with E-state index in [4.69, 9.17) is 21.4 Å². The zero-order valence-electron chi connectivity index (χ0n) is 24.7. The topological polar surface area (TPSA) is 140 Å². The third kappa shape index (κ3) is 12.5. The number of halogens is 1. The van der Waals surface area contributed by atoms with Crippen LogP contribution in [0.2, 0.25) is 0 Å². The number of carbonyl (C=O) groups is 2. The molecule has 2 aliphatic rings. The number of aliphatic hydroxyl groups is 3. The van der Waals surface area contributed by atoms with Crippen molar-refractivity contribution in [1.29, 1.82) is 0 Å². The van der Waals surface area contributed by atoms with Gasteiger partial charge in [0.1, 0.15) is 29.9 Å². The molecule has 11 heteroatoms. The smallest absolute Gasteiger partial charge is 0.303 e. The Bertz CT molecular complexity index is 745. The Labute approximate surface area is 250 Å². The SMILES string of the molecule is C=CCCCCCCCCC(=O)O.CCC[C@@H]1C[C@@H](C(=O)N[C@@H]([C@H]2O[C@H](SC)[C@H](O)[C@@H](O)[C@H]2O)[C@H](C)Cl)N(C)C1. The van der Waals surface area contributed by atoms with Crippen LogP contribution in [0.3, 0.4) is 0 Å². The molecule has 9 nitrogen and oxygen atoms in total. The monoisotopic (exact) mass is 608 g/mol. The zero-order valence-corrected chi connectivity index (χ0v) is 26.3. The van der Waals surface area contributed by atoms with Crippen LogP contribution in [0.4, 0.5) is 0 Å². The van der Waals surface area contributed by atoms with Crippen molar-refractivity contribution in [3.05, 3.63) is 12.7 Å². The van der Waals surface area contributed by atoms with Gasteiger partial charge in [0.05, 0.1) is 17.5 Å². The molecule has 0 spiro atoms. The lowest BCUT2D eigenvalue weighted by Crippen LogP contribution is -2.65. The Kier molecular flexibility index (Phi) is 18.7. The summed E-state index contributed by atoms with van der Waals surface area (Å²) in [4.78, 5) is 25.1. The Morgan fingerprint density at radius 2 is 1.75 bits per heavy atom. The highest BCUT2D eigenvalue weighted by Gasteiger charge is 2.48. The Morgan fingerprint density at radius 3 is 2.30 bits per heavy atom. The number of allylic oxidation sites excluding steroid dienone is 1. The molecule has 2 fully saturated rings. The van der Waals surface area contributed by atoms with E-state index >= 15 is 0 Å². The third-order valence-electron chi connectivity index (χ3n) is 7.68. The number of carbonyl (C=O) groups excluding carboxylic acids is 1. The molecule has 2 heterocycles. The van der Waals surface area contributed by atoms with Gasteiger partial charge in [0, 0.05) is 13.0 Å². The van der Waals surface area contributed by atoms with Crippen LogP contribution in [0.1, 0.15) is 84.5 Å². The van der Waals surface area contributed by atoms with Gasteiger partial charge in [-0.2, -0.15) is 0 Å². The second-order valence-electron chi connectivity index (χ2n) is 11.1. The standard InChI is InChI=1S/C18H33ClN2O5S.C11H20O2/c1-5-6-10-7-11(21(3)8-10)17(25)20-12(9(2)19)16-14(23)13(22)15(24)18(26-16)27-4;1-2-3-4-5-6-7-8-9-10-11(12)13/h9-16,18,22-24H,5-8H2,1-4H3,(H,20,25);2H,1,3-10H2,(H,12,13)/t9-,10+,11-,12+,13-,14+,15+,16+,18+;/m0./s1. The number of likely N-dealkylation sites (N-methyl/N-ethyl adjacent to an activating group) is 1. The number of carboxylic acids is 1. The molecule has 0 aromatic heterocycles. The normalized spacial score (nSPS) is 30.1. The van der Waals surface area contributed by atoms with Crippen molar-refractivity contribution in [1.82, 2.24) is 10.2 Å². The molecule has 0 saturated carbocycles. The van der Waals surface area contributed by atoms with Crippen LogP contribution in [-0.4, -0.2) is 104 Å². The van der Waals surface area contributed by atoms with E-state index in [9.17, 15) is 24.9 Å². The number of thioether (sulfide) groups is 1. The number of likely N-dealkylation sites (tertiary alicyclic amines) is 1. The summed E-state index contributed by atoms with van der Waals surface area (Å²) in [6.45, 7) is 8.40. The van der Waals surface area contributed by atoms with Crippen molar-refractivity contribution in [3.8, 4) is 0 Å². The predicted octanol–water partition coefficient (Wildman–Crippen LogP) is 3.77. The van der Waals surface area contributed by atoms with Crippen LogP contribution in [-0.2, 0) is 14.3 Å². The molecule has 0 aliphatic carbocycles. The van der Waals surface area contributed by atoms with E-state index in [0.29, 0.717) is 12.3 Å². The second-order valence-corrected chi connectivity index (χ2v) is 12.7. The van der Waals surface area contributed by atoms with E-state index in [1.165, 1.54) is 37.4 Å². The maximum absolute atomic E-state index is 12.9. The highest BCUT2D eigenvalue weighted by Crippen LogP contribution is 2.31. The predicted molar refractivity (Wildman–Crippen MR) is 162 cm³/mol. The number of unbranched alkanes of at least 4 members (excludes halogenated alkanes) is 6. The molecule has 5 N–H and O–H groups in total. The van der Waals surface area contributed by atoms with Crippen LogP contribution >= 0.6 is 23.4 Å². The summed E-state index contributed by atoms with van der Waals surface area (Å²) >= 11 is 7.55. The molecule has 0 radical (unpaired) electrons. The Balaban J connectivity index is 0.000000520. The summed E-state index contributed by atoms with van der Waals surface area (Å²) in [5.74, 6) is -0.325. The molecule has 0 bridgehead atoms. The summed E-state index contributed by atoms with van der Waals surface area (Å²) in [6, 6.07) is -0.934. The number of aliphatic hydroxyl groups excluding tert-OH is 3. The summed E-state index contributed by atoms with van der Waals surface area (Å²) in [5.41, 5.74) is -0.702. The average molecular weight is 609 g/mol. The van der Waals surface area contributed by atoms with Crippen LogP contribution in [0.15, 0.2) is 12.7 Å². The van der Waals surface area contributed by atoms with Gasteiger partial charge in [0.25, 0.3) is 0 Å². The van der Waals surface area contributed by atoms with Gasteiger partial charge in [-0.15, -0.1) is 29.9 Å². The number of nitrogens with one attached hydrogen (secondary N) is 1.